The zero-order valence-corrected chi connectivity index (χ0v) is 13.4. The summed E-state index contributed by atoms with van der Waals surface area (Å²) in [6.45, 7) is 6.40. The highest BCUT2D eigenvalue weighted by Crippen LogP contribution is 2.24. The number of hydrogen-bond donors (Lipinski definition) is 0. The van der Waals surface area contributed by atoms with Crippen molar-refractivity contribution in [2.24, 2.45) is 0 Å². The average molecular weight is 304 g/mol. The fourth-order valence-corrected chi connectivity index (χ4v) is 2.14. The van der Waals surface area contributed by atoms with Gasteiger partial charge in [0, 0.05) is 5.56 Å². The first-order valence-electron chi connectivity index (χ1n) is 6.68. The Morgan fingerprint density at radius 1 is 1.10 bits per heavy atom. The van der Waals surface area contributed by atoms with E-state index in [1.165, 1.54) is 12.7 Å². The molecule has 21 heavy (non-hydrogen) atoms. The molecule has 1 aromatic carbocycles. The number of hydrogen-bond acceptors (Lipinski definition) is 3. The van der Waals surface area contributed by atoms with Gasteiger partial charge in [0.1, 0.15) is 10.7 Å². The lowest BCUT2D eigenvalue weighted by Gasteiger charge is -2.18. The second kappa shape index (κ2) is 5.86. The van der Waals surface area contributed by atoms with Crippen molar-refractivity contribution >= 4 is 17.4 Å². The number of carbonyl (C=O) groups is 1. The van der Waals surface area contributed by atoms with Crippen molar-refractivity contribution in [3.05, 3.63) is 58.2 Å². The van der Waals surface area contributed by atoms with Crippen LogP contribution in [0.25, 0.3) is 0 Å². The molecule has 0 saturated heterocycles. The highest BCUT2D eigenvalue weighted by molar-refractivity contribution is 6.31. The number of rotatable bonds is 3. The van der Waals surface area contributed by atoms with E-state index in [4.69, 9.17) is 16.3 Å². The molecule has 0 saturated carbocycles. The predicted molar refractivity (Wildman–Crippen MR) is 84.4 cm³/mol. The molecule has 0 aliphatic rings. The summed E-state index contributed by atoms with van der Waals surface area (Å²) in [5, 5.41) is 0.386. The molecule has 0 spiro atoms. The number of ketones is 1. The van der Waals surface area contributed by atoms with Gasteiger partial charge < -0.3 is 4.74 Å². The van der Waals surface area contributed by atoms with Crippen molar-refractivity contribution in [2.75, 3.05) is 7.11 Å². The number of benzene rings is 1. The Bertz CT molecular complexity index is 657. The van der Waals surface area contributed by atoms with Gasteiger partial charge in [-0.05, 0) is 23.1 Å². The lowest BCUT2D eigenvalue weighted by molar-refractivity contribution is 0.103. The van der Waals surface area contributed by atoms with Crippen LogP contribution >= 0.6 is 11.6 Å². The van der Waals surface area contributed by atoms with Gasteiger partial charge in [0.05, 0.1) is 7.11 Å². The van der Waals surface area contributed by atoms with E-state index in [0.29, 0.717) is 16.3 Å². The fourth-order valence-electron chi connectivity index (χ4n) is 1.96. The summed E-state index contributed by atoms with van der Waals surface area (Å²) in [4.78, 5) is 16.6. The normalized spacial score (nSPS) is 11.3. The van der Waals surface area contributed by atoms with Crippen LogP contribution in [0.15, 0.2) is 36.4 Å². The minimum absolute atomic E-state index is 0.0588. The number of pyridine rings is 1. The quantitative estimate of drug-likeness (QED) is 0.795. The molecule has 0 unspecified atom stereocenters. The SMILES string of the molecule is COc1nc(C(=O)c2ccc(C(C)(C)C)cc2)ccc1Cl. The van der Waals surface area contributed by atoms with E-state index in [1.54, 1.807) is 12.1 Å². The topological polar surface area (TPSA) is 39.2 Å². The molecule has 0 amide bonds. The molecule has 0 aliphatic heterocycles. The van der Waals surface area contributed by atoms with Gasteiger partial charge in [-0.1, -0.05) is 56.6 Å². The summed E-state index contributed by atoms with van der Waals surface area (Å²) in [6.07, 6.45) is 0. The van der Waals surface area contributed by atoms with Crippen LogP contribution in [-0.4, -0.2) is 17.9 Å². The second-order valence-corrected chi connectivity index (χ2v) is 6.25. The molecule has 4 heteroatoms. The Balaban J connectivity index is 2.32. The molecular weight excluding hydrogens is 286 g/mol. The molecule has 0 fully saturated rings. The lowest BCUT2D eigenvalue weighted by atomic mass is 9.86. The molecule has 0 atom stereocenters. The standard InChI is InChI=1S/C17H18ClNO2/c1-17(2,3)12-7-5-11(6-8-12)15(20)14-10-9-13(18)16(19-14)21-4/h5-10H,1-4H3. The van der Waals surface area contributed by atoms with Crippen LogP contribution in [0.4, 0.5) is 0 Å². The van der Waals surface area contributed by atoms with Crippen molar-refractivity contribution in [2.45, 2.75) is 26.2 Å². The zero-order valence-electron chi connectivity index (χ0n) is 12.6. The third-order valence-electron chi connectivity index (χ3n) is 3.25. The van der Waals surface area contributed by atoms with Gasteiger partial charge in [-0.2, -0.15) is 0 Å². The summed E-state index contributed by atoms with van der Waals surface area (Å²) in [7, 11) is 1.47. The number of nitrogens with zero attached hydrogens (tertiary/aromatic N) is 1. The van der Waals surface area contributed by atoms with Gasteiger partial charge in [-0.15, -0.1) is 0 Å². The predicted octanol–water partition coefficient (Wildman–Crippen LogP) is 4.27. The number of halogens is 1. The van der Waals surface area contributed by atoms with E-state index < -0.39 is 0 Å². The Morgan fingerprint density at radius 3 is 2.24 bits per heavy atom. The summed E-state index contributed by atoms with van der Waals surface area (Å²) >= 11 is 5.92. The highest BCUT2D eigenvalue weighted by Gasteiger charge is 2.16. The minimum atomic E-state index is -0.148. The Labute approximate surface area is 129 Å². The molecule has 0 bridgehead atoms. The Hall–Kier alpha value is -1.87. The van der Waals surface area contributed by atoms with Crippen molar-refractivity contribution in [3.63, 3.8) is 0 Å². The van der Waals surface area contributed by atoms with Crippen LogP contribution in [0, 0.1) is 0 Å². The number of ether oxygens (including phenoxy) is 1. The van der Waals surface area contributed by atoms with Gasteiger partial charge in [0.2, 0.25) is 11.7 Å². The Kier molecular flexibility index (Phi) is 4.33. The van der Waals surface area contributed by atoms with Gasteiger partial charge >= 0.3 is 0 Å². The first-order valence-corrected chi connectivity index (χ1v) is 7.06. The maximum absolute atomic E-state index is 12.4. The molecule has 0 aliphatic carbocycles. The fraction of sp³-hybridized carbons (Fsp3) is 0.294. The number of carbonyl (C=O) groups excluding carboxylic acids is 1. The zero-order chi connectivity index (χ0) is 15.6. The van der Waals surface area contributed by atoms with Gasteiger partial charge in [-0.25, -0.2) is 4.98 Å². The van der Waals surface area contributed by atoms with Crippen molar-refractivity contribution in [1.82, 2.24) is 4.98 Å². The van der Waals surface area contributed by atoms with Crippen molar-refractivity contribution < 1.29 is 9.53 Å². The van der Waals surface area contributed by atoms with E-state index in [2.05, 4.69) is 25.8 Å². The first kappa shape index (κ1) is 15.5. The summed E-state index contributed by atoms with van der Waals surface area (Å²) in [5.74, 6) is 0.110. The molecule has 0 N–H and O–H groups in total. The third kappa shape index (κ3) is 3.42. The molecule has 110 valence electrons. The first-order chi connectivity index (χ1) is 9.82. The Morgan fingerprint density at radius 2 is 1.71 bits per heavy atom. The average Bonchev–Trinajstić information content (AvgIpc) is 2.46. The minimum Gasteiger partial charge on any atom is -0.480 e. The van der Waals surface area contributed by atoms with E-state index in [-0.39, 0.29) is 17.1 Å². The van der Waals surface area contributed by atoms with Crippen LogP contribution in [-0.2, 0) is 5.41 Å². The van der Waals surface area contributed by atoms with Crippen LogP contribution in [0.5, 0.6) is 5.88 Å². The number of aromatic nitrogens is 1. The van der Waals surface area contributed by atoms with Crippen molar-refractivity contribution in [1.29, 1.82) is 0 Å². The highest BCUT2D eigenvalue weighted by atomic mass is 35.5. The summed E-state index contributed by atoms with van der Waals surface area (Å²) in [5.41, 5.74) is 2.16. The summed E-state index contributed by atoms with van der Waals surface area (Å²) in [6, 6.07) is 10.8. The molecule has 2 rings (SSSR count). The third-order valence-corrected chi connectivity index (χ3v) is 3.54. The molecule has 1 aromatic heterocycles. The van der Waals surface area contributed by atoms with Crippen LogP contribution in [0.2, 0.25) is 5.02 Å². The molecule has 1 heterocycles. The number of methoxy groups -OCH3 is 1. The van der Waals surface area contributed by atoms with Gasteiger partial charge in [0.15, 0.2) is 0 Å². The largest absolute Gasteiger partial charge is 0.480 e. The van der Waals surface area contributed by atoms with Crippen LogP contribution < -0.4 is 4.74 Å². The van der Waals surface area contributed by atoms with Crippen LogP contribution in [0.3, 0.4) is 0 Å². The maximum Gasteiger partial charge on any atom is 0.232 e. The monoisotopic (exact) mass is 303 g/mol. The van der Waals surface area contributed by atoms with Crippen molar-refractivity contribution in [3.8, 4) is 5.88 Å². The van der Waals surface area contributed by atoms with Gasteiger partial charge in [-0.3, -0.25) is 4.79 Å². The maximum atomic E-state index is 12.4. The van der Waals surface area contributed by atoms with Gasteiger partial charge in [0.25, 0.3) is 0 Å². The molecule has 3 nitrogen and oxygen atoms in total. The second-order valence-electron chi connectivity index (χ2n) is 5.84. The van der Waals surface area contributed by atoms with E-state index in [9.17, 15) is 4.79 Å². The molecule has 2 aromatic rings. The van der Waals surface area contributed by atoms with E-state index in [0.717, 1.165) is 0 Å². The summed E-state index contributed by atoms with van der Waals surface area (Å²) < 4.78 is 5.04. The molecule has 0 radical (unpaired) electrons. The van der Waals surface area contributed by atoms with E-state index >= 15 is 0 Å². The molecular formula is C17H18ClNO2. The smallest absolute Gasteiger partial charge is 0.232 e. The van der Waals surface area contributed by atoms with E-state index in [1.807, 2.05) is 24.3 Å². The van der Waals surface area contributed by atoms with Crippen LogP contribution in [0.1, 0.15) is 42.4 Å². The lowest BCUT2D eigenvalue weighted by Crippen LogP contribution is -2.11.